The summed E-state index contributed by atoms with van der Waals surface area (Å²) in [5.41, 5.74) is 3.33. The van der Waals surface area contributed by atoms with Crippen molar-refractivity contribution >= 4 is 23.9 Å². The van der Waals surface area contributed by atoms with E-state index in [1.165, 1.54) is 4.90 Å². The molecule has 10 heteroatoms. The van der Waals surface area contributed by atoms with Gasteiger partial charge in [-0.15, -0.1) is 0 Å². The zero-order valence-corrected chi connectivity index (χ0v) is 33.0. The topological polar surface area (TPSA) is 135 Å². The number of para-hydroxylation sites is 1. The highest BCUT2D eigenvalue weighted by Gasteiger charge is 2.52. The lowest BCUT2D eigenvalue weighted by Gasteiger charge is -2.33. The Morgan fingerprint density at radius 2 is 1.61 bits per heavy atom. The van der Waals surface area contributed by atoms with Gasteiger partial charge in [0.25, 0.3) is 0 Å². The summed E-state index contributed by atoms with van der Waals surface area (Å²) in [6.45, 7) is 4.15. The average molecular weight is 767 g/mol. The number of unbranched alkanes of at least 4 members (excludes halogenated alkanes) is 4. The van der Waals surface area contributed by atoms with Gasteiger partial charge in [-0.1, -0.05) is 112 Å². The normalized spacial score (nSPS) is 19.2. The van der Waals surface area contributed by atoms with Gasteiger partial charge in [-0.25, -0.2) is 4.79 Å². The average Bonchev–Trinajstić information content (AvgIpc) is 3.58. The second kappa shape index (κ2) is 20.9. The van der Waals surface area contributed by atoms with E-state index >= 15 is 0 Å². The molecule has 1 saturated heterocycles. The van der Waals surface area contributed by atoms with Crippen LogP contribution in [0.15, 0.2) is 96.6 Å². The van der Waals surface area contributed by atoms with Crippen molar-refractivity contribution in [3.05, 3.63) is 119 Å². The molecule has 300 valence electrons. The van der Waals surface area contributed by atoms with E-state index < -0.39 is 36.1 Å². The minimum atomic E-state index is -0.865. The van der Waals surface area contributed by atoms with Gasteiger partial charge in [0, 0.05) is 44.8 Å². The van der Waals surface area contributed by atoms with Crippen LogP contribution >= 0.6 is 0 Å². The van der Waals surface area contributed by atoms with E-state index in [-0.39, 0.29) is 43.6 Å². The summed E-state index contributed by atoms with van der Waals surface area (Å²) in [5.74, 6) is -1.90. The van der Waals surface area contributed by atoms with E-state index in [1.54, 1.807) is 37.4 Å². The molecule has 0 bridgehead atoms. The van der Waals surface area contributed by atoms with E-state index in [4.69, 9.17) is 14.2 Å². The number of aliphatic hydroxyl groups excluding tert-OH is 1. The van der Waals surface area contributed by atoms with Gasteiger partial charge in [-0.2, -0.15) is 0 Å². The van der Waals surface area contributed by atoms with Crippen LogP contribution in [0.4, 0.5) is 0 Å². The van der Waals surface area contributed by atoms with Gasteiger partial charge in [0.05, 0.1) is 12.2 Å². The first-order valence-electron chi connectivity index (χ1n) is 20.2. The number of benzene rings is 3. The number of likely N-dealkylation sites (N-methyl/N-ethyl adjacent to an activating group) is 1. The summed E-state index contributed by atoms with van der Waals surface area (Å²) in [4.78, 5) is 43.0. The Labute approximate surface area is 331 Å². The Balaban J connectivity index is 1.38. The van der Waals surface area contributed by atoms with Crippen molar-refractivity contribution in [2.45, 2.75) is 115 Å². The van der Waals surface area contributed by atoms with E-state index in [1.807, 2.05) is 66.7 Å². The largest absolute Gasteiger partial charge is 0.508 e. The Morgan fingerprint density at radius 3 is 2.27 bits per heavy atom. The Morgan fingerprint density at radius 1 is 0.929 bits per heavy atom. The molecule has 5 rings (SSSR count). The number of nitrogens with one attached hydrogen (secondary N) is 1. The van der Waals surface area contributed by atoms with Crippen LogP contribution in [0.25, 0.3) is 6.08 Å². The predicted molar refractivity (Wildman–Crippen MR) is 217 cm³/mol. The number of hydrogen-bond donors (Lipinski definition) is 3. The molecule has 0 spiro atoms. The smallest absolute Gasteiger partial charge is 0.338 e. The highest BCUT2D eigenvalue weighted by Crippen LogP contribution is 2.43. The number of hydrogen-bond acceptors (Lipinski definition) is 8. The van der Waals surface area contributed by atoms with Crippen LogP contribution in [0, 0.1) is 0 Å². The van der Waals surface area contributed by atoms with Gasteiger partial charge in [-0.05, 0) is 60.2 Å². The Hall–Kier alpha value is -4.77. The molecule has 3 N–H and O–H groups in total. The third-order valence-electron chi connectivity index (χ3n) is 10.6. The van der Waals surface area contributed by atoms with Crippen molar-refractivity contribution in [2.75, 3.05) is 20.2 Å². The maximum Gasteiger partial charge on any atom is 0.338 e. The van der Waals surface area contributed by atoms with Gasteiger partial charge in [0.2, 0.25) is 11.8 Å². The van der Waals surface area contributed by atoms with Crippen molar-refractivity contribution in [3.8, 4) is 5.75 Å². The van der Waals surface area contributed by atoms with Crippen LogP contribution in [0.5, 0.6) is 5.75 Å². The molecule has 3 aromatic rings. The SMILES string of the molecule is CCCCCC1(CCCCC)OC2C=C(C(=O)N(C)C(Cc3ccccc3)C(=O)NCCO)CC(OC(=O)c3ccc(C=CCc4ccccc4O)cc3)C2O1. The van der Waals surface area contributed by atoms with E-state index in [0.29, 0.717) is 30.4 Å². The number of ether oxygens (including phenoxy) is 3. The minimum Gasteiger partial charge on any atom is -0.508 e. The highest BCUT2D eigenvalue weighted by atomic mass is 16.8. The first kappa shape index (κ1) is 42.4. The number of fused-ring (bicyclic) bond motifs is 1. The van der Waals surface area contributed by atoms with Crippen LogP contribution in [-0.2, 0) is 36.6 Å². The number of aromatic hydroxyl groups is 1. The van der Waals surface area contributed by atoms with Crippen LogP contribution in [0.3, 0.4) is 0 Å². The molecule has 0 aromatic heterocycles. The number of carbonyl (C=O) groups is 3. The van der Waals surface area contributed by atoms with Crippen molar-refractivity contribution in [1.29, 1.82) is 0 Å². The monoisotopic (exact) mass is 766 g/mol. The number of esters is 1. The van der Waals surface area contributed by atoms with Gasteiger partial charge in [0.1, 0.15) is 30.1 Å². The summed E-state index contributed by atoms with van der Waals surface area (Å²) >= 11 is 0. The lowest BCUT2D eigenvalue weighted by atomic mass is 9.90. The molecule has 2 amide bonds. The van der Waals surface area contributed by atoms with Crippen LogP contribution in [0.2, 0.25) is 0 Å². The second-order valence-corrected chi connectivity index (χ2v) is 14.8. The van der Waals surface area contributed by atoms with Gasteiger partial charge in [-0.3, -0.25) is 9.59 Å². The number of allylic oxidation sites excluding steroid dienone is 1. The summed E-state index contributed by atoms with van der Waals surface area (Å²) in [5, 5.41) is 22.2. The van der Waals surface area contributed by atoms with E-state index in [9.17, 15) is 24.6 Å². The fourth-order valence-electron chi connectivity index (χ4n) is 7.44. The molecule has 10 nitrogen and oxygen atoms in total. The number of phenolic OH excluding ortho intramolecular Hbond substituents is 1. The second-order valence-electron chi connectivity index (χ2n) is 14.8. The van der Waals surface area contributed by atoms with E-state index in [0.717, 1.165) is 55.2 Å². The fraction of sp³-hybridized carbons (Fsp3) is 0.457. The Bertz CT molecular complexity index is 1780. The molecule has 4 unspecified atom stereocenters. The Kier molecular flexibility index (Phi) is 15.9. The molecular formula is C46H58N2O8. The summed E-state index contributed by atoms with van der Waals surface area (Å²) in [7, 11) is 1.60. The van der Waals surface area contributed by atoms with Crippen LogP contribution in [0.1, 0.15) is 98.7 Å². The van der Waals surface area contributed by atoms with Crippen LogP contribution < -0.4 is 5.32 Å². The molecule has 3 aromatic carbocycles. The zero-order valence-electron chi connectivity index (χ0n) is 33.0. The van der Waals surface area contributed by atoms with Crippen molar-refractivity contribution in [2.24, 2.45) is 0 Å². The number of aliphatic hydroxyl groups is 1. The molecule has 56 heavy (non-hydrogen) atoms. The lowest BCUT2D eigenvalue weighted by molar-refractivity contribution is -0.190. The maximum atomic E-state index is 14.4. The van der Waals surface area contributed by atoms with Crippen molar-refractivity contribution in [1.82, 2.24) is 10.2 Å². The number of carbonyl (C=O) groups excluding carboxylic acids is 3. The molecule has 4 atom stereocenters. The van der Waals surface area contributed by atoms with Crippen molar-refractivity contribution in [3.63, 3.8) is 0 Å². The molecule has 0 saturated carbocycles. The van der Waals surface area contributed by atoms with E-state index in [2.05, 4.69) is 19.2 Å². The molecule has 2 aliphatic rings. The molecule has 1 aliphatic carbocycles. The van der Waals surface area contributed by atoms with Crippen LogP contribution in [-0.4, -0.2) is 83.2 Å². The predicted octanol–water partition coefficient (Wildman–Crippen LogP) is 7.32. The molecule has 1 aliphatic heterocycles. The quantitative estimate of drug-likeness (QED) is 0.0805. The van der Waals surface area contributed by atoms with Gasteiger partial charge < -0.3 is 34.6 Å². The highest BCUT2D eigenvalue weighted by molar-refractivity contribution is 5.97. The van der Waals surface area contributed by atoms with Gasteiger partial charge in [0.15, 0.2) is 5.79 Å². The molecule has 1 heterocycles. The van der Waals surface area contributed by atoms with Crippen molar-refractivity contribution < 1.29 is 38.8 Å². The third-order valence-corrected chi connectivity index (χ3v) is 10.6. The fourth-order valence-corrected chi connectivity index (χ4v) is 7.44. The number of phenols is 1. The molecule has 1 fully saturated rings. The summed E-state index contributed by atoms with van der Waals surface area (Å²) in [6, 6.07) is 22.9. The number of nitrogens with zero attached hydrogens (tertiary/aromatic N) is 1. The minimum absolute atomic E-state index is 0.0649. The lowest BCUT2D eigenvalue weighted by Crippen LogP contribution is -2.51. The van der Waals surface area contributed by atoms with Gasteiger partial charge >= 0.3 is 5.97 Å². The molecular weight excluding hydrogens is 709 g/mol. The third kappa shape index (κ3) is 11.4. The number of rotatable bonds is 20. The summed E-state index contributed by atoms with van der Waals surface area (Å²) in [6.07, 6.45) is 11.9. The molecule has 0 radical (unpaired) electrons. The summed E-state index contributed by atoms with van der Waals surface area (Å²) < 4.78 is 19.8. The maximum absolute atomic E-state index is 14.4. The first-order chi connectivity index (χ1) is 27.2. The first-order valence-corrected chi connectivity index (χ1v) is 20.2. The zero-order chi connectivity index (χ0) is 39.9. The number of amides is 2. The standard InChI is InChI=1S/C46H58N2O8/c1-4-6-13-26-46(27-14-7-5-2)55-41-32-37(44(52)48(3)38(43(51)47-28-29-49)30-34-16-9-8-10-17-34)31-40(42(41)56-46)54-45(53)36-24-22-33(23-25-36)18-15-20-35-19-11-12-21-39(35)50/h8-12,15-19,21-25,32,38,40-42,49-50H,4-7,13-14,20,26-31H2,1-3H3,(H,47,51).